The molecule has 1 aromatic carbocycles. The topological polar surface area (TPSA) is 57.0 Å². The summed E-state index contributed by atoms with van der Waals surface area (Å²) in [7, 11) is 4.95. The van der Waals surface area contributed by atoms with Gasteiger partial charge < -0.3 is 19.9 Å². The summed E-state index contributed by atoms with van der Waals surface area (Å²) in [6, 6.07) is 4.33. The van der Waals surface area contributed by atoms with Crippen LogP contribution in [0.3, 0.4) is 0 Å². The van der Waals surface area contributed by atoms with Crippen molar-refractivity contribution in [3.63, 3.8) is 0 Å². The van der Waals surface area contributed by atoms with Gasteiger partial charge in [-0.1, -0.05) is 0 Å². The lowest BCUT2D eigenvalue weighted by Crippen LogP contribution is -2.34. The minimum atomic E-state index is 0.466. The molecule has 0 bridgehead atoms. The van der Waals surface area contributed by atoms with Crippen LogP contribution in [0.2, 0.25) is 0 Å². The molecule has 0 spiro atoms. The van der Waals surface area contributed by atoms with Gasteiger partial charge in [0.25, 0.3) is 0 Å². The number of ether oxygens (including phenoxy) is 3. The van der Waals surface area contributed by atoms with Crippen molar-refractivity contribution in [2.75, 3.05) is 34.4 Å². The Labute approximate surface area is 120 Å². The zero-order chi connectivity index (χ0) is 14.5. The third-order valence-corrected chi connectivity index (χ3v) is 3.93. The summed E-state index contributed by atoms with van der Waals surface area (Å²) in [5.74, 6) is 2.24. The predicted octanol–water partition coefficient (Wildman–Crippen LogP) is 1.64. The number of methoxy groups -OCH3 is 3. The molecule has 1 unspecified atom stereocenters. The highest BCUT2D eigenvalue weighted by Crippen LogP contribution is 2.36. The van der Waals surface area contributed by atoms with Crippen LogP contribution in [0.5, 0.6) is 17.2 Å². The number of nitrogens with two attached hydrogens (primary N) is 1. The molecule has 0 aliphatic carbocycles. The molecule has 20 heavy (non-hydrogen) atoms. The average Bonchev–Trinajstić information content (AvgIpc) is 2.93. The summed E-state index contributed by atoms with van der Waals surface area (Å²) in [5.41, 5.74) is 6.93. The first-order valence-electron chi connectivity index (χ1n) is 6.96. The molecule has 1 aliphatic heterocycles. The van der Waals surface area contributed by atoms with E-state index in [1.165, 1.54) is 12.8 Å². The molecule has 2 rings (SSSR count). The fourth-order valence-corrected chi connectivity index (χ4v) is 2.81. The Kier molecular flexibility index (Phi) is 5.09. The van der Waals surface area contributed by atoms with Gasteiger partial charge in [-0.3, -0.25) is 4.90 Å². The van der Waals surface area contributed by atoms with Crippen LogP contribution in [0.1, 0.15) is 18.4 Å². The summed E-state index contributed by atoms with van der Waals surface area (Å²) >= 11 is 0. The molecule has 5 nitrogen and oxygen atoms in total. The van der Waals surface area contributed by atoms with Gasteiger partial charge in [-0.2, -0.15) is 0 Å². The molecule has 0 radical (unpaired) electrons. The van der Waals surface area contributed by atoms with Crippen LogP contribution in [0.15, 0.2) is 12.1 Å². The second-order valence-electron chi connectivity index (χ2n) is 5.02. The summed E-state index contributed by atoms with van der Waals surface area (Å²) in [6.07, 6.45) is 2.38. The standard InChI is InChI=1S/C15H24N2O3/c1-18-13-8-15(20-3)14(19-2)7-11(13)10-17-6-4-5-12(17)9-16/h7-8,12H,4-6,9-10,16H2,1-3H3. The van der Waals surface area contributed by atoms with Gasteiger partial charge in [-0.25, -0.2) is 0 Å². The first-order valence-corrected chi connectivity index (χ1v) is 6.96. The number of benzene rings is 1. The highest BCUT2D eigenvalue weighted by molar-refractivity contribution is 5.50. The van der Waals surface area contributed by atoms with Gasteiger partial charge in [0.1, 0.15) is 5.75 Å². The van der Waals surface area contributed by atoms with Gasteiger partial charge in [-0.05, 0) is 25.5 Å². The highest BCUT2D eigenvalue weighted by atomic mass is 16.5. The lowest BCUT2D eigenvalue weighted by molar-refractivity contribution is 0.245. The van der Waals surface area contributed by atoms with E-state index in [1.807, 2.05) is 12.1 Å². The molecule has 2 N–H and O–H groups in total. The zero-order valence-corrected chi connectivity index (χ0v) is 12.5. The van der Waals surface area contributed by atoms with Crippen molar-refractivity contribution in [3.05, 3.63) is 17.7 Å². The molecule has 0 saturated carbocycles. The molecule has 112 valence electrons. The normalized spacial score (nSPS) is 19.1. The van der Waals surface area contributed by atoms with Crippen molar-refractivity contribution in [1.82, 2.24) is 4.90 Å². The molecule has 1 aliphatic rings. The molecular formula is C15H24N2O3. The number of likely N-dealkylation sites (tertiary alicyclic amines) is 1. The molecule has 0 amide bonds. The van der Waals surface area contributed by atoms with Crippen molar-refractivity contribution >= 4 is 0 Å². The first kappa shape index (κ1) is 14.9. The van der Waals surface area contributed by atoms with E-state index in [9.17, 15) is 0 Å². The number of hydrogen-bond acceptors (Lipinski definition) is 5. The molecule has 1 aromatic rings. The van der Waals surface area contributed by atoms with Crippen molar-refractivity contribution in [1.29, 1.82) is 0 Å². The highest BCUT2D eigenvalue weighted by Gasteiger charge is 2.24. The number of rotatable bonds is 6. The van der Waals surface area contributed by atoms with Crippen LogP contribution in [0, 0.1) is 0 Å². The maximum Gasteiger partial charge on any atom is 0.164 e. The fraction of sp³-hybridized carbons (Fsp3) is 0.600. The number of nitrogens with zero attached hydrogens (tertiary/aromatic N) is 1. The van der Waals surface area contributed by atoms with E-state index < -0.39 is 0 Å². The van der Waals surface area contributed by atoms with E-state index in [0.717, 1.165) is 30.2 Å². The van der Waals surface area contributed by atoms with E-state index in [1.54, 1.807) is 21.3 Å². The van der Waals surface area contributed by atoms with Gasteiger partial charge in [0.05, 0.1) is 21.3 Å². The van der Waals surface area contributed by atoms with Crippen molar-refractivity contribution < 1.29 is 14.2 Å². The maximum absolute atomic E-state index is 5.83. The maximum atomic E-state index is 5.83. The molecule has 1 heterocycles. The van der Waals surface area contributed by atoms with Gasteiger partial charge in [0.2, 0.25) is 0 Å². The van der Waals surface area contributed by atoms with Crippen LogP contribution in [0.25, 0.3) is 0 Å². The van der Waals surface area contributed by atoms with Crippen molar-refractivity contribution in [2.24, 2.45) is 5.73 Å². The third kappa shape index (κ3) is 2.99. The summed E-state index contributed by atoms with van der Waals surface area (Å²) in [4.78, 5) is 2.41. The average molecular weight is 280 g/mol. The quantitative estimate of drug-likeness (QED) is 0.858. The minimum Gasteiger partial charge on any atom is -0.496 e. The predicted molar refractivity (Wildman–Crippen MR) is 78.6 cm³/mol. The van der Waals surface area contributed by atoms with E-state index >= 15 is 0 Å². The Hall–Kier alpha value is -1.46. The zero-order valence-electron chi connectivity index (χ0n) is 12.5. The monoisotopic (exact) mass is 280 g/mol. The largest absolute Gasteiger partial charge is 0.496 e. The summed E-state index contributed by atoms with van der Waals surface area (Å²) in [5, 5.41) is 0. The van der Waals surface area contributed by atoms with Crippen LogP contribution in [-0.2, 0) is 6.54 Å². The van der Waals surface area contributed by atoms with Crippen LogP contribution in [-0.4, -0.2) is 45.4 Å². The Bertz CT molecular complexity index is 451. The fourth-order valence-electron chi connectivity index (χ4n) is 2.81. The molecule has 1 fully saturated rings. The Morgan fingerprint density at radius 1 is 1.10 bits per heavy atom. The molecule has 0 aromatic heterocycles. The number of hydrogen-bond donors (Lipinski definition) is 1. The van der Waals surface area contributed by atoms with Crippen LogP contribution in [0.4, 0.5) is 0 Å². The van der Waals surface area contributed by atoms with Gasteiger partial charge in [0.15, 0.2) is 11.5 Å². The lowest BCUT2D eigenvalue weighted by atomic mass is 10.1. The van der Waals surface area contributed by atoms with Crippen LogP contribution >= 0.6 is 0 Å². The molecule has 1 saturated heterocycles. The first-order chi connectivity index (χ1) is 9.73. The summed E-state index contributed by atoms with van der Waals surface area (Å²) in [6.45, 7) is 2.61. The van der Waals surface area contributed by atoms with E-state index in [2.05, 4.69) is 4.90 Å². The van der Waals surface area contributed by atoms with E-state index in [4.69, 9.17) is 19.9 Å². The smallest absolute Gasteiger partial charge is 0.164 e. The Morgan fingerprint density at radius 2 is 1.75 bits per heavy atom. The van der Waals surface area contributed by atoms with Gasteiger partial charge in [-0.15, -0.1) is 0 Å². The van der Waals surface area contributed by atoms with E-state index in [-0.39, 0.29) is 0 Å². The second kappa shape index (κ2) is 6.81. The minimum absolute atomic E-state index is 0.466. The Balaban J connectivity index is 2.25. The lowest BCUT2D eigenvalue weighted by Gasteiger charge is -2.24. The Morgan fingerprint density at radius 3 is 2.35 bits per heavy atom. The van der Waals surface area contributed by atoms with Crippen molar-refractivity contribution in [2.45, 2.75) is 25.4 Å². The molecule has 1 atom stereocenters. The van der Waals surface area contributed by atoms with Gasteiger partial charge >= 0.3 is 0 Å². The van der Waals surface area contributed by atoms with Crippen LogP contribution < -0.4 is 19.9 Å². The SMILES string of the molecule is COc1cc(OC)c(OC)cc1CN1CCCC1CN. The van der Waals surface area contributed by atoms with Gasteiger partial charge in [0, 0.05) is 30.8 Å². The third-order valence-electron chi connectivity index (χ3n) is 3.93. The van der Waals surface area contributed by atoms with E-state index in [0.29, 0.717) is 18.3 Å². The molecular weight excluding hydrogens is 256 g/mol. The molecule has 5 heteroatoms. The summed E-state index contributed by atoms with van der Waals surface area (Å²) < 4.78 is 16.2. The second-order valence-corrected chi connectivity index (χ2v) is 5.02. The van der Waals surface area contributed by atoms with Crippen molar-refractivity contribution in [3.8, 4) is 17.2 Å².